The van der Waals surface area contributed by atoms with Gasteiger partial charge in [0.15, 0.2) is 0 Å². The number of hydrogen-bond acceptors (Lipinski definition) is 4. The second-order valence-electron chi connectivity index (χ2n) is 5.25. The number of hydrogen-bond donors (Lipinski definition) is 1. The maximum Gasteiger partial charge on any atom is 0.135 e. The number of methoxy groups -OCH3 is 1. The van der Waals surface area contributed by atoms with Crippen LogP contribution in [0.25, 0.3) is 0 Å². The highest BCUT2D eigenvalue weighted by Crippen LogP contribution is 2.27. The van der Waals surface area contributed by atoms with Gasteiger partial charge in [-0.25, -0.2) is 0 Å². The van der Waals surface area contributed by atoms with Crippen molar-refractivity contribution < 1.29 is 9.47 Å². The summed E-state index contributed by atoms with van der Waals surface area (Å²) in [6, 6.07) is 9.94. The minimum absolute atomic E-state index is 0.417. The maximum absolute atomic E-state index is 5.99. The Morgan fingerprint density at radius 1 is 1.14 bits per heavy atom. The fourth-order valence-electron chi connectivity index (χ4n) is 1.88. The smallest absolute Gasteiger partial charge is 0.135 e. The first-order valence-corrected chi connectivity index (χ1v) is 7.09. The summed E-state index contributed by atoms with van der Waals surface area (Å²) in [5.74, 6) is 2.43. The van der Waals surface area contributed by atoms with Crippen molar-refractivity contribution in [3.8, 4) is 17.2 Å². The Bertz CT molecular complexity index is 580. The summed E-state index contributed by atoms with van der Waals surface area (Å²) in [5, 5.41) is 3.39. The Morgan fingerprint density at radius 3 is 2.43 bits per heavy atom. The van der Waals surface area contributed by atoms with Crippen LogP contribution in [0, 0.1) is 6.92 Å². The average Bonchev–Trinajstić information content (AvgIpc) is 2.47. The predicted octanol–water partition coefficient (Wildman–Crippen LogP) is 3.69. The Labute approximate surface area is 126 Å². The molecule has 0 unspecified atom stereocenters. The molecule has 1 heterocycles. The standard InChI is InChI=1S/C17H22N2O2/c1-12(2)18-10-14-11-19-13(3)9-17(14)21-16-7-5-15(20-4)6-8-16/h5-9,11-12,18H,10H2,1-4H3. The SMILES string of the molecule is COc1ccc(Oc2cc(C)ncc2CNC(C)C)cc1. The molecule has 2 rings (SSSR count). The fraction of sp³-hybridized carbons (Fsp3) is 0.353. The van der Waals surface area contributed by atoms with E-state index in [4.69, 9.17) is 9.47 Å². The third-order valence-corrected chi connectivity index (χ3v) is 3.07. The fourth-order valence-corrected chi connectivity index (χ4v) is 1.88. The first-order valence-electron chi connectivity index (χ1n) is 7.09. The normalized spacial score (nSPS) is 10.7. The first-order chi connectivity index (χ1) is 10.1. The first kappa shape index (κ1) is 15.3. The molecule has 2 aromatic rings. The number of benzene rings is 1. The molecule has 0 radical (unpaired) electrons. The molecule has 112 valence electrons. The molecule has 1 aromatic heterocycles. The van der Waals surface area contributed by atoms with Gasteiger partial charge in [-0.05, 0) is 31.2 Å². The van der Waals surface area contributed by atoms with Gasteiger partial charge in [-0.15, -0.1) is 0 Å². The Hall–Kier alpha value is -2.07. The van der Waals surface area contributed by atoms with Crippen LogP contribution in [-0.2, 0) is 6.54 Å². The van der Waals surface area contributed by atoms with Gasteiger partial charge in [0.2, 0.25) is 0 Å². The summed E-state index contributed by atoms with van der Waals surface area (Å²) in [4.78, 5) is 4.35. The van der Waals surface area contributed by atoms with E-state index >= 15 is 0 Å². The lowest BCUT2D eigenvalue weighted by Crippen LogP contribution is -2.22. The van der Waals surface area contributed by atoms with Crippen molar-refractivity contribution in [3.63, 3.8) is 0 Å². The van der Waals surface area contributed by atoms with Crippen molar-refractivity contribution in [2.75, 3.05) is 7.11 Å². The molecule has 0 atom stereocenters. The minimum Gasteiger partial charge on any atom is -0.497 e. The third-order valence-electron chi connectivity index (χ3n) is 3.07. The molecule has 0 bridgehead atoms. The third kappa shape index (κ3) is 4.46. The minimum atomic E-state index is 0.417. The van der Waals surface area contributed by atoms with Gasteiger partial charge in [0.25, 0.3) is 0 Å². The summed E-state index contributed by atoms with van der Waals surface area (Å²) in [5.41, 5.74) is 1.98. The molecule has 0 aliphatic rings. The Balaban J connectivity index is 2.18. The molecular weight excluding hydrogens is 264 g/mol. The quantitative estimate of drug-likeness (QED) is 0.879. The van der Waals surface area contributed by atoms with Crippen LogP contribution in [0.4, 0.5) is 0 Å². The van der Waals surface area contributed by atoms with Crippen LogP contribution in [0.5, 0.6) is 17.2 Å². The van der Waals surface area contributed by atoms with E-state index in [9.17, 15) is 0 Å². The monoisotopic (exact) mass is 286 g/mol. The van der Waals surface area contributed by atoms with E-state index in [0.717, 1.165) is 35.1 Å². The van der Waals surface area contributed by atoms with Crippen LogP contribution in [0.2, 0.25) is 0 Å². The van der Waals surface area contributed by atoms with Gasteiger partial charge >= 0.3 is 0 Å². The summed E-state index contributed by atoms with van der Waals surface area (Å²) in [6.45, 7) is 6.92. The van der Waals surface area contributed by atoms with Crippen LogP contribution in [0.3, 0.4) is 0 Å². The van der Waals surface area contributed by atoms with E-state index in [1.165, 1.54) is 0 Å². The molecule has 0 saturated carbocycles. The molecule has 0 aliphatic carbocycles. The second kappa shape index (κ2) is 7.09. The van der Waals surface area contributed by atoms with Gasteiger partial charge in [0.05, 0.1) is 7.11 Å². The lowest BCUT2D eigenvalue weighted by molar-refractivity contribution is 0.412. The molecule has 4 heteroatoms. The largest absolute Gasteiger partial charge is 0.497 e. The average molecular weight is 286 g/mol. The van der Waals surface area contributed by atoms with Crippen molar-refractivity contribution in [1.29, 1.82) is 0 Å². The van der Waals surface area contributed by atoms with Gasteiger partial charge in [-0.1, -0.05) is 13.8 Å². The second-order valence-corrected chi connectivity index (χ2v) is 5.25. The summed E-state index contributed by atoms with van der Waals surface area (Å²) < 4.78 is 11.1. The summed E-state index contributed by atoms with van der Waals surface area (Å²) in [6.07, 6.45) is 1.86. The number of nitrogens with one attached hydrogen (secondary N) is 1. The molecule has 0 amide bonds. The van der Waals surface area contributed by atoms with Crippen molar-refractivity contribution in [3.05, 3.63) is 47.8 Å². The number of pyridine rings is 1. The number of aryl methyl sites for hydroxylation is 1. The highest BCUT2D eigenvalue weighted by molar-refractivity contribution is 5.39. The van der Waals surface area contributed by atoms with Gasteiger partial charge < -0.3 is 14.8 Å². The zero-order valence-electron chi connectivity index (χ0n) is 13.0. The van der Waals surface area contributed by atoms with Crippen LogP contribution in [-0.4, -0.2) is 18.1 Å². The Morgan fingerprint density at radius 2 is 1.81 bits per heavy atom. The molecule has 1 N–H and O–H groups in total. The van der Waals surface area contributed by atoms with Gasteiger partial charge in [0.1, 0.15) is 17.2 Å². The van der Waals surface area contributed by atoms with Crippen molar-refractivity contribution in [2.24, 2.45) is 0 Å². The van der Waals surface area contributed by atoms with Crippen molar-refractivity contribution in [1.82, 2.24) is 10.3 Å². The lowest BCUT2D eigenvalue weighted by Gasteiger charge is -2.14. The van der Waals surface area contributed by atoms with Gasteiger partial charge in [-0.2, -0.15) is 0 Å². The molecule has 0 fully saturated rings. The molecule has 0 aliphatic heterocycles. The van der Waals surface area contributed by atoms with E-state index in [-0.39, 0.29) is 0 Å². The highest BCUT2D eigenvalue weighted by Gasteiger charge is 2.07. The molecule has 0 spiro atoms. The molecule has 21 heavy (non-hydrogen) atoms. The number of ether oxygens (including phenoxy) is 2. The zero-order valence-corrected chi connectivity index (χ0v) is 13.0. The van der Waals surface area contributed by atoms with Crippen LogP contribution in [0.15, 0.2) is 36.5 Å². The van der Waals surface area contributed by atoms with Crippen LogP contribution < -0.4 is 14.8 Å². The van der Waals surface area contributed by atoms with Crippen LogP contribution in [0.1, 0.15) is 25.1 Å². The van der Waals surface area contributed by atoms with E-state index < -0.39 is 0 Å². The van der Waals surface area contributed by atoms with Gasteiger partial charge in [0, 0.05) is 36.1 Å². The van der Waals surface area contributed by atoms with Gasteiger partial charge in [-0.3, -0.25) is 4.98 Å². The summed E-state index contributed by atoms with van der Waals surface area (Å²) in [7, 11) is 1.65. The van der Waals surface area contributed by atoms with E-state index in [1.54, 1.807) is 7.11 Å². The van der Waals surface area contributed by atoms with Crippen molar-refractivity contribution in [2.45, 2.75) is 33.4 Å². The number of nitrogens with zero attached hydrogens (tertiary/aromatic N) is 1. The zero-order chi connectivity index (χ0) is 15.2. The Kier molecular flexibility index (Phi) is 5.17. The molecular formula is C17H22N2O2. The van der Waals surface area contributed by atoms with Crippen LogP contribution >= 0.6 is 0 Å². The lowest BCUT2D eigenvalue weighted by atomic mass is 10.2. The van der Waals surface area contributed by atoms with E-state index in [1.807, 2.05) is 43.5 Å². The number of rotatable bonds is 6. The maximum atomic E-state index is 5.99. The van der Waals surface area contributed by atoms with E-state index in [0.29, 0.717) is 6.04 Å². The topological polar surface area (TPSA) is 43.4 Å². The highest BCUT2D eigenvalue weighted by atomic mass is 16.5. The predicted molar refractivity (Wildman–Crippen MR) is 84.0 cm³/mol. The van der Waals surface area contributed by atoms with Crippen molar-refractivity contribution >= 4 is 0 Å². The molecule has 4 nitrogen and oxygen atoms in total. The summed E-state index contributed by atoms with van der Waals surface area (Å²) >= 11 is 0. The molecule has 0 saturated heterocycles. The number of aromatic nitrogens is 1. The molecule has 1 aromatic carbocycles. The van der Waals surface area contributed by atoms with E-state index in [2.05, 4.69) is 24.1 Å².